The fourth-order valence-electron chi connectivity index (χ4n) is 3.37. The van der Waals surface area contributed by atoms with Crippen molar-refractivity contribution in [3.63, 3.8) is 0 Å². The second kappa shape index (κ2) is 6.23. The summed E-state index contributed by atoms with van der Waals surface area (Å²) in [4.78, 5) is 12.2. The minimum absolute atomic E-state index is 0.156. The van der Waals surface area contributed by atoms with Crippen LogP contribution in [0, 0.1) is 5.41 Å². The van der Waals surface area contributed by atoms with E-state index in [9.17, 15) is 4.79 Å². The first-order chi connectivity index (χ1) is 9.21. The fourth-order valence-corrected chi connectivity index (χ4v) is 3.37. The highest BCUT2D eigenvalue weighted by Crippen LogP contribution is 2.55. The van der Waals surface area contributed by atoms with Gasteiger partial charge in [0, 0.05) is 6.42 Å². The first kappa shape index (κ1) is 14.8. The summed E-state index contributed by atoms with van der Waals surface area (Å²) >= 11 is 0. The van der Waals surface area contributed by atoms with Crippen molar-refractivity contribution in [3.8, 4) is 0 Å². The highest BCUT2D eigenvalue weighted by molar-refractivity contribution is 5.79. The van der Waals surface area contributed by atoms with Gasteiger partial charge in [0.05, 0.1) is 20.3 Å². The van der Waals surface area contributed by atoms with Gasteiger partial charge in [0.25, 0.3) is 0 Å². The summed E-state index contributed by atoms with van der Waals surface area (Å²) in [6.45, 7) is 3.37. The average molecular weight is 270 g/mol. The Morgan fingerprint density at radius 1 is 1.16 bits per heavy atom. The Labute approximate surface area is 115 Å². The van der Waals surface area contributed by atoms with E-state index in [4.69, 9.17) is 14.2 Å². The summed E-state index contributed by atoms with van der Waals surface area (Å²) < 4.78 is 16.9. The lowest BCUT2D eigenvalue weighted by Gasteiger charge is -2.50. The van der Waals surface area contributed by atoms with Crippen molar-refractivity contribution in [1.82, 2.24) is 0 Å². The third-order valence-electron chi connectivity index (χ3n) is 4.63. The number of unbranched alkanes of at least 4 members (excludes halogenated alkanes) is 3. The number of ether oxygens (including phenoxy) is 3. The van der Waals surface area contributed by atoms with Crippen LogP contribution in [0.4, 0.5) is 0 Å². The highest BCUT2D eigenvalue weighted by Gasteiger charge is 2.63. The molecule has 1 heterocycles. The Kier molecular flexibility index (Phi) is 4.85. The summed E-state index contributed by atoms with van der Waals surface area (Å²) in [5.74, 6) is -0.873. The summed E-state index contributed by atoms with van der Waals surface area (Å²) in [6, 6.07) is 0. The molecule has 0 unspecified atom stereocenters. The molecule has 0 atom stereocenters. The van der Waals surface area contributed by atoms with Crippen molar-refractivity contribution in [2.24, 2.45) is 5.41 Å². The van der Waals surface area contributed by atoms with Crippen LogP contribution in [0.1, 0.15) is 58.3 Å². The van der Waals surface area contributed by atoms with Crippen LogP contribution in [-0.2, 0) is 19.0 Å². The molecule has 1 saturated carbocycles. The second-order valence-corrected chi connectivity index (χ2v) is 5.69. The number of carbonyl (C=O) groups is 1. The van der Waals surface area contributed by atoms with Gasteiger partial charge in [-0.1, -0.05) is 32.6 Å². The molecule has 19 heavy (non-hydrogen) atoms. The lowest BCUT2D eigenvalue weighted by atomic mass is 9.62. The van der Waals surface area contributed by atoms with Crippen LogP contribution in [0.15, 0.2) is 0 Å². The summed E-state index contributed by atoms with van der Waals surface area (Å²) in [5.41, 5.74) is -0.551. The van der Waals surface area contributed by atoms with Gasteiger partial charge in [-0.2, -0.15) is 0 Å². The van der Waals surface area contributed by atoms with Gasteiger partial charge < -0.3 is 14.2 Å². The molecule has 1 saturated heterocycles. The van der Waals surface area contributed by atoms with Crippen molar-refractivity contribution >= 4 is 5.97 Å². The van der Waals surface area contributed by atoms with E-state index in [-0.39, 0.29) is 5.97 Å². The molecule has 2 aliphatic rings. The van der Waals surface area contributed by atoms with Gasteiger partial charge in [-0.25, -0.2) is 0 Å². The SMILES string of the molecule is CCCCCCC1(C2(C(=O)OC)CCC2)OCCO1. The third-order valence-corrected chi connectivity index (χ3v) is 4.63. The molecule has 4 nitrogen and oxygen atoms in total. The molecule has 1 aliphatic carbocycles. The van der Waals surface area contributed by atoms with E-state index < -0.39 is 11.2 Å². The van der Waals surface area contributed by atoms with Gasteiger partial charge in [0.2, 0.25) is 0 Å². The van der Waals surface area contributed by atoms with Crippen molar-refractivity contribution < 1.29 is 19.0 Å². The second-order valence-electron chi connectivity index (χ2n) is 5.69. The van der Waals surface area contributed by atoms with E-state index in [0.29, 0.717) is 13.2 Å². The van der Waals surface area contributed by atoms with Crippen LogP contribution in [0.3, 0.4) is 0 Å². The van der Waals surface area contributed by atoms with Crippen molar-refractivity contribution in [1.29, 1.82) is 0 Å². The zero-order chi connectivity index (χ0) is 13.8. The van der Waals surface area contributed by atoms with Crippen LogP contribution >= 0.6 is 0 Å². The van der Waals surface area contributed by atoms with E-state index in [1.54, 1.807) is 0 Å². The Balaban J connectivity index is 2.07. The van der Waals surface area contributed by atoms with Crippen LogP contribution in [0.25, 0.3) is 0 Å². The first-order valence-electron chi connectivity index (χ1n) is 7.57. The largest absolute Gasteiger partial charge is 0.468 e. The highest BCUT2D eigenvalue weighted by atomic mass is 16.7. The Bertz CT molecular complexity index is 303. The topological polar surface area (TPSA) is 44.8 Å². The minimum Gasteiger partial charge on any atom is -0.468 e. The summed E-state index contributed by atoms with van der Waals surface area (Å²) in [6.07, 6.45) is 8.16. The number of rotatable bonds is 7. The molecule has 4 heteroatoms. The molecule has 0 aromatic rings. The molecular weight excluding hydrogens is 244 g/mol. The zero-order valence-corrected chi connectivity index (χ0v) is 12.2. The van der Waals surface area contributed by atoms with Crippen LogP contribution in [0.2, 0.25) is 0 Å². The molecule has 0 N–H and O–H groups in total. The van der Waals surface area contributed by atoms with Gasteiger partial charge in [-0.15, -0.1) is 0 Å². The molecule has 2 fully saturated rings. The monoisotopic (exact) mass is 270 g/mol. The van der Waals surface area contributed by atoms with E-state index in [0.717, 1.165) is 32.1 Å². The number of esters is 1. The molecule has 2 rings (SSSR count). The van der Waals surface area contributed by atoms with Gasteiger partial charge in [0.1, 0.15) is 5.41 Å². The Morgan fingerprint density at radius 2 is 1.84 bits per heavy atom. The van der Waals surface area contributed by atoms with Crippen molar-refractivity contribution in [2.75, 3.05) is 20.3 Å². The molecular formula is C15H26O4. The predicted octanol–water partition coefficient (Wildman–Crippen LogP) is 3.04. The van der Waals surface area contributed by atoms with E-state index in [1.807, 2.05) is 0 Å². The Morgan fingerprint density at radius 3 is 2.32 bits per heavy atom. The quantitative estimate of drug-likeness (QED) is 0.527. The van der Waals surface area contributed by atoms with Crippen LogP contribution < -0.4 is 0 Å². The minimum atomic E-state index is -0.716. The molecule has 0 amide bonds. The van der Waals surface area contributed by atoms with Gasteiger partial charge in [-0.05, 0) is 19.3 Å². The van der Waals surface area contributed by atoms with Gasteiger partial charge in [0.15, 0.2) is 5.79 Å². The van der Waals surface area contributed by atoms with Crippen LogP contribution in [-0.4, -0.2) is 32.1 Å². The van der Waals surface area contributed by atoms with Gasteiger partial charge >= 0.3 is 5.97 Å². The average Bonchev–Trinajstić information content (AvgIpc) is 2.83. The van der Waals surface area contributed by atoms with Crippen LogP contribution in [0.5, 0.6) is 0 Å². The van der Waals surface area contributed by atoms with Gasteiger partial charge in [-0.3, -0.25) is 4.79 Å². The lowest BCUT2D eigenvalue weighted by Crippen LogP contribution is -2.58. The summed E-state index contributed by atoms with van der Waals surface area (Å²) in [7, 11) is 1.46. The lowest BCUT2D eigenvalue weighted by molar-refractivity contribution is -0.266. The van der Waals surface area contributed by atoms with E-state index >= 15 is 0 Å². The smallest absolute Gasteiger partial charge is 0.317 e. The molecule has 0 bridgehead atoms. The van der Waals surface area contributed by atoms with Crippen molar-refractivity contribution in [2.45, 2.75) is 64.1 Å². The van der Waals surface area contributed by atoms with E-state index in [1.165, 1.54) is 26.4 Å². The number of hydrogen-bond donors (Lipinski definition) is 0. The maximum absolute atomic E-state index is 12.2. The first-order valence-corrected chi connectivity index (χ1v) is 7.57. The standard InChI is InChI=1S/C15H26O4/c1-3-4-5-6-10-15(18-11-12-19-15)14(8-7-9-14)13(16)17-2/h3-12H2,1-2H3. The number of hydrogen-bond acceptors (Lipinski definition) is 4. The molecule has 110 valence electrons. The maximum atomic E-state index is 12.2. The molecule has 1 aliphatic heterocycles. The zero-order valence-electron chi connectivity index (χ0n) is 12.2. The summed E-state index contributed by atoms with van der Waals surface area (Å²) in [5, 5.41) is 0. The number of methoxy groups -OCH3 is 1. The fraction of sp³-hybridized carbons (Fsp3) is 0.933. The molecule has 0 aromatic heterocycles. The molecule has 0 radical (unpaired) electrons. The predicted molar refractivity (Wildman–Crippen MR) is 71.7 cm³/mol. The third kappa shape index (κ3) is 2.52. The molecule has 0 spiro atoms. The Hall–Kier alpha value is -0.610. The van der Waals surface area contributed by atoms with Crippen molar-refractivity contribution in [3.05, 3.63) is 0 Å². The maximum Gasteiger partial charge on any atom is 0.317 e. The number of carbonyl (C=O) groups excluding carboxylic acids is 1. The molecule has 0 aromatic carbocycles. The van der Waals surface area contributed by atoms with E-state index in [2.05, 4.69) is 6.92 Å². The normalized spacial score (nSPS) is 23.9.